The minimum absolute atomic E-state index is 0.142. The van der Waals surface area contributed by atoms with Crippen molar-refractivity contribution in [3.05, 3.63) is 82.9 Å². The van der Waals surface area contributed by atoms with Crippen LogP contribution in [0.5, 0.6) is 0 Å². The number of hydrogen-bond acceptors (Lipinski definition) is 3. The molecule has 1 N–H and O–H groups in total. The molecule has 1 saturated heterocycles. The summed E-state index contributed by atoms with van der Waals surface area (Å²) >= 11 is 0. The van der Waals surface area contributed by atoms with Gasteiger partial charge in [0.05, 0.1) is 5.75 Å². The molecule has 1 heterocycles. The zero-order valence-electron chi connectivity index (χ0n) is 18.9. The molecule has 0 amide bonds. The van der Waals surface area contributed by atoms with Crippen LogP contribution in [0.15, 0.2) is 60.7 Å². The van der Waals surface area contributed by atoms with E-state index in [1.165, 1.54) is 41.5 Å². The van der Waals surface area contributed by atoms with E-state index in [2.05, 4.69) is 67.0 Å². The number of hydrogen-bond donors (Lipinski definition) is 1. The lowest BCUT2D eigenvalue weighted by Crippen LogP contribution is -2.49. The molecule has 0 bridgehead atoms. The molecule has 1 aliphatic heterocycles. The van der Waals surface area contributed by atoms with Crippen molar-refractivity contribution < 1.29 is 8.42 Å². The summed E-state index contributed by atoms with van der Waals surface area (Å²) in [6.07, 6.45) is 9.75. The Hall–Kier alpha value is -1.95. The van der Waals surface area contributed by atoms with Gasteiger partial charge in [0.15, 0.2) is 0 Å². The zero-order chi connectivity index (χ0) is 22.1. The lowest BCUT2D eigenvalue weighted by Gasteiger charge is -2.38. The van der Waals surface area contributed by atoms with Gasteiger partial charge in [-0.25, -0.2) is 12.7 Å². The minimum Gasteiger partial charge on any atom is -0.316 e. The first kappa shape index (κ1) is 21.9. The second kappa shape index (κ2) is 9.12. The maximum Gasteiger partial charge on any atom is 0.217 e. The predicted molar refractivity (Wildman–Crippen MR) is 130 cm³/mol. The van der Waals surface area contributed by atoms with Gasteiger partial charge in [0.2, 0.25) is 10.0 Å². The van der Waals surface area contributed by atoms with Gasteiger partial charge in [-0.05, 0) is 60.9 Å². The van der Waals surface area contributed by atoms with Crippen molar-refractivity contribution in [2.45, 2.75) is 50.0 Å². The Morgan fingerprint density at radius 2 is 1.88 bits per heavy atom. The Kier molecular flexibility index (Phi) is 6.24. The van der Waals surface area contributed by atoms with Crippen LogP contribution in [-0.4, -0.2) is 44.7 Å². The summed E-state index contributed by atoms with van der Waals surface area (Å²) in [5.41, 5.74) is 5.52. The van der Waals surface area contributed by atoms with Gasteiger partial charge in [-0.15, -0.1) is 0 Å². The van der Waals surface area contributed by atoms with Gasteiger partial charge in [0.1, 0.15) is 0 Å². The molecule has 0 aromatic heterocycles. The maximum absolute atomic E-state index is 12.7. The summed E-state index contributed by atoms with van der Waals surface area (Å²) in [7, 11) is -1.12. The SMILES string of the molecule is CNC1Cc2ccc(C3CN(S(=O)(=O)CC=CC4CCC4)C3)cc2C1Cc1ccccc1. The smallest absolute Gasteiger partial charge is 0.217 e. The molecule has 2 fully saturated rings. The third-order valence-corrected chi connectivity index (χ3v) is 9.44. The van der Waals surface area contributed by atoms with Crippen LogP contribution in [0.25, 0.3) is 0 Å². The molecule has 4 nitrogen and oxygen atoms in total. The van der Waals surface area contributed by atoms with Gasteiger partial charge in [0, 0.05) is 31.0 Å². The summed E-state index contributed by atoms with van der Waals surface area (Å²) < 4.78 is 27.0. The molecule has 2 aromatic rings. The summed E-state index contributed by atoms with van der Waals surface area (Å²) in [4.78, 5) is 0. The van der Waals surface area contributed by atoms with E-state index in [4.69, 9.17) is 0 Å². The van der Waals surface area contributed by atoms with Crippen molar-refractivity contribution in [2.24, 2.45) is 5.92 Å². The maximum atomic E-state index is 12.7. The number of sulfonamides is 1. The summed E-state index contributed by atoms with van der Waals surface area (Å²) in [5.74, 6) is 1.50. The largest absolute Gasteiger partial charge is 0.316 e. The Morgan fingerprint density at radius 1 is 1.09 bits per heavy atom. The predicted octanol–water partition coefficient (Wildman–Crippen LogP) is 4.24. The van der Waals surface area contributed by atoms with E-state index in [1.54, 1.807) is 4.31 Å². The molecule has 2 atom stereocenters. The van der Waals surface area contributed by atoms with E-state index in [1.807, 2.05) is 6.08 Å². The number of benzene rings is 2. The highest BCUT2D eigenvalue weighted by atomic mass is 32.2. The molecular weight excluding hydrogens is 416 g/mol. The molecule has 2 unspecified atom stereocenters. The van der Waals surface area contributed by atoms with Crippen LogP contribution in [0.3, 0.4) is 0 Å². The van der Waals surface area contributed by atoms with Crippen LogP contribution in [0.1, 0.15) is 53.4 Å². The zero-order valence-corrected chi connectivity index (χ0v) is 19.7. The van der Waals surface area contributed by atoms with E-state index >= 15 is 0 Å². The van der Waals surface area contributed by atoms with Gasteiger partial charge in [-0.1, -0.05) is 67.1 Å². The molecule has 0 spiro atoms. The molecule has 2 aromatic carbocycles. The highest BCUT2D eigenvalue weighted by Crippen LogP contribution is 2.39. The van der Waals surface area contributed by atoms with Crippen molar-refractivity contribution in [2.75, 3.05) is 25.9 Å². The Morgan fingerprint density at radius 3 is 2.56 bits per heavy atom. The molecule has 0 radical (unpaired) electrons. The number of likely N-dealkylation sites (N-methyl/N-ethyl adjacent to an activating group) is 1. The summed E-state index contributed by atoms with van der Waals surface area (Å²) in [6.45, 7) is 1.22. The van der Waals surface area contributed by atoms with E-state index in [-0.39, 0.29) is 5.75 Å². The Labute approximate surface area is 192 Å². The molecule has 5 rings (SSSR count). The van der Waals surface area contributed by atoms with Gasteiger partial charge in [-0.3, -0.25) is 0 Å². The average Bonchev–Trinajstić information content (AvgIpc) is 3.06. The number of fused-ring (bicyclic) bond motifs is 1. The van der Waals surface area contributed by atoms with E-state index in [0.29, 0.717) is 36.9 Å². The first-order chi connectivity index (χ1) is 15.5. The normalized spacial score (nSPS) is 24.4. The van der Waals surface area contributed by atoms with Crippen LogP contribution < -0.4 is 5.32 Å². The van der Waals surface area contributed by atoms with Gasteiger partial charge >= 0.3 is 0 Å². The van der Waals surface area contributed by atoms with Crippen molar-refractivity contribution in [3.63, 3.8) is 0 Å². The first-order valence-corrected chi connectivity index (χ1v) is 13.6. The third-order valence-electron chi connectivity index (χ3n) is 7.74. The highest BCUT2D eigenvalue weighted by Gasteiger charge is 2.38. The van der Waals surface area contributed by atoms with Gasteiger partial charge in [0.25, 0.3) is 0 Å². The molecule has 2 aliphatic carbocycles. The summed E-state index contributed by atoms with van der Waals surface area (Å²) in [5, 5.41) is 3.53. The van der Waals surface area contributed by atoms with Crippen LogP contribution >= 0.6 is 0 Å². The fourth-order valence-corrected chi connectivity index (χ4v) is 6.78. The van der Waals surface area contributed by atoms with Gasteiger partial charge < -0.3 is 5.32 Å². The standard InChI is InChI=1S/C27H34N2O2S/c1-28-27-17-23-13-12-22(16-25(23)26(27)15-21-7-3-2-4-8-21)24-18-29(19-24)32(30,31)14-6-11-20-9-5-10-20/h2-4,6-8,11-13,16,20,24,26-28H,5,9-10,14-15,17-19H2,1H3. The fraction of sp³-hybridized carbons (Fsp3) is 0.481. The average molecular weight is 451 g/mol. The molecular formula is C27H34N2O2S. The lowest BCUT2D eigenvalue weighted by molar-refractivity contribution is 0.265. The molecule has 3 aliphatic rings. The Bertz CT molecular complexity index is 1070. The van der Waals surface area contributed by atoms with Crippen molar-refractivity contribution >= 4 is 10.0 Å². The summed E-state index contributed by atoms with van der Waals surface area (Å²) in [6, 6.07) is 18.0. The minimum atomic E-state index is -3.18. The van der Waals surface area contributed by atoms with E-state index < -0.39 is 10.0 Å². The first-order valence-electron chi connectivity index (χ1n) is 12.0. The second-order valence-electron chi connectivity index (χ2n) is 9.77. The van der Waals surface area contributed by atoms with Crippen LogP contribution in [0, 0.1) is 5.92 Å². The number of nitrogens with zero attached hydrogens (tertiary/aromatic N) is 1. The van der Waals surface area contributed by atoms with Crippen LogP contribution in [0.4, 0.5) is 0 Å². The van der Waals surface area contributed by atoms with Crippen molar-refractivity contribution in [1.29, 1.82) is 0 Å². The molecule has 5 heteroatoms. The second-order valence-corrected chi connectivity index (χ2v) is 11.8. The van der Waals surface area contributed by atoms with Crippen LogP contribution in [-0.2, 0) is 22.9 Å². The number of nitrogens with one attached hydrogen (secondary N) is 1. The number of rotatable bonds is 8. The lowest BCUT2D eigenvalue weighted by atomic mass is 9.85. The third kappa shape index (κ3) is 4.43. The topological polar surface area (TPSA) is 49.4 Å². The molecule has 170 valence electrons. The molecule has 1 saturated carbocycles. The van der Waals surface area contributed by atoms with Gasteiger partial charge in [-0.2, -0.15) is 0 Å². The fourth-order valence-electron chi connectivity index (χ4n) is 5.40. The Balaban J connectivity index is 1.25. The van der Waals surface area contributed by atoms with Crippen molar-refractivity contribution in [3.8, 4) is 0 Å². The van der Waals surface area contributed by atoms with Crippen LogP contribution in [0.2, 0.25) is 0 Å². The monoisotopic (exact) mass is 450 g/mol. The van der Waals surface area contributed by atoms with E-state index in [9.17, 15) is 8.42 Å². The number of allylic oxidation sites excluding steroid dienone is 1. The quantitative estimate of drug-likeness (QED) is 0.612. The van der Waals surface area contributed by atoms with E-state index in [0.717, 1.165) is 12.8 Å². The molecule has 32 heavy (non-hydrogen) atoms. The highest BCUT2D eigenvalue weighted by molar-refractivity contribution is 7.89. The van der Waals surface area contributed by atoms with Crippen molar-refractivity contribution in [1.82, 2.24) is 9.62 Å².